The number of nitrogens with one attached hydrogen (secondary N) is 1. The van der Waals surface area contributed by atoms with E-state index in [1.807, 2.05) is 27.7 Å². The smallest absolute Gasteiger partial charge is 0.264 e. The van der Waals surface area contributed by atoms with Crippen molar-refractivity contribution in [2.75, 3.05) is 24.5 Å². The fraction of sp³-hybridized carbons (Fsp3) is 0.375. The van der Waals surface area contributed by atoms with Gasteiger partial charge in [0, 0.05) is 13.1 Å². The van der Waals surface area contributed by atoms with Crippen molar-refractivity contribution in [2.24, 2.45) is 5.92 Å². The van der Waals surface area contributed by atoms with Crippen LogP contribution in [0.3, 0.4) is 0 Å². The molecule has 10 heteroatoms. The van der Waals surface area contributed by atoms with E-state index in [0.29, 0.717) is 12.1 Å². The molecule has 0 aliphatic heterocycles. The van der Waals surface area contributed by atoms with Crippen molar-refractivity contribution in [3.63, 3.8) is 0 Å². The SMILES string of the molecule is CCC(C(=O)NCC(C)C)N(Cc1ccc(F)cc1)C(=O)CN(c1cc(C)ccc1OC)S(=O)(=O)c1ccc(C)cc1. The van der Waals surface area contributed by atoms with E-state index >= 15 is 0 Å². The molecule has 42 heavy (non-hydrogen) atoms. The summed E-state index contributed by atoms with van der Waals surface area (Å²) in [4.78, 5) is 28.9. The summed E-state index contributed by atoms with van der Waals surface area (Å²) in [7, 11) is -2.82. The zero-order valence-corrected chi connectivity index (χ0v) is 25.9. The van der Waals surface area contributed by atoms with Crippen molar-refractivity contribution in [2.45, 2.75) is 58.5 Å². The first kappa shape index (κ1) is 32.6. The van der Waals surface area contributed by atoms with Crippen LogP contribution in [0.25, 0.3) is 0 Å². The first-order valence-electron chi connectivity index (χ1n) is 13.9. The van der Waals surface area contributed by atoms with Gasteiger partial charge in [0.2, 0.25) is 11.8 Å². The van der Waals surface area contributed by atoms with Crippen LogP contribution in [0.2, 0.25) is 0 Å². The van der Waals surface area contributed by atoms with Crippen LogP contribution in [0.1, 0.15) is 43.9 Å². The van der Waals surface area contributed by atoms with Gasteiger partial charge in [0.05, 0.1) is 17.7 Å². The average molecular weight is 598 g/mol. The molecule has 0 heterocycles. The highest BCUT2D eigenvalue weighted by Crippen LogP contribution is 2.34. The fourth-order valence-electron chi connectivity index (χ4n) is 4.47. The minimum atomic E-state index is -4.25. The summed E-state index contributed by atoms with van der Waals surface area (Å²) < 4.78 is 48.4. The molecule has 0 spiro atoms. The Morgan fingerprint density at radius 2 is 1.57 bits per heavy atom. The lowest BCUT2D eigenvalue weighted by Gasteiger charge is -2.33. The number of benzene rings is 3. The van der Waals surface area contributed by atoms with Gasteiger partial charge in [-0.3, -0.25) is 13.9 Å². The molecule has 0 bridgehead atoms. The molecule has 0 aliphatic carbocycles. The Morgan fingerprint density at radius 3 is 2.14 bits per heavy atom. The van der Waals surface area contributed by atoms with Crippen LogP contribution < -0.4 is 14.4 Å². The molecular formula is C32H40FN3O5S. The lowest BCUT2D eigenvalue weighted by molar-refractivity contribution is -0.140. The van der Waals surface area contributed by atoms with Gasteiger partial charge >= 0.3 is 0 Å². The van der Waals surface area contributed by atoms with Gasteiger partial charge in [-0.25, -0.2) is 12.8 Å². The Labute approximate surface area is 248 Å². The van der Waals surface area contributed by atoms with Gasteiger partial charge in [0.15, 0.2) is 0 Å². The third-order valence-corrected chi connectivity index (χ3v) is 8.60. The maximum Gasteiger partial charge on any atom is 0.264 e. The first-order chi connectivity index (χ1) is 19.9. The molecule has 3 aromatic rings. The number of methoxy groups -OCH3 is 1. The molecule has 0 saturated heterocycles. The van der Waals surface area contributed by atoms with Crippen LogP contribution in [-0.4, -0.2) is 51.4 Å². The molecule has 8 nitrogen and oxygen atoms in total. The molecule has 0 saturated carbocycles. The number of hydrogen-bond donors (Lipinski definition) is 1. The van der Waals surface area contributed by atoms with Gasteiger partial charge in [-0.1, -0.05) is 56.7 Å². The molecule has 1 unspecified atom stereocenters. The number of halogens is 1. The molecule has 0 radical (unpaired) electrons. The van der Waals surface area contributed by atoms with Crippen LogP contribution in [0.4, 0.5) is 10.1 Å². The zero-order chi connectivity index (χ0) is 31.0. The van der Waals surface area contributed by atoms with E-state index in [1.165, 1.54) is 36.3 Å². The number of carbonyl (C=O) groups excluding carboxylic acids is 2. The Kier molecular flexibility index (Phi) is 11.1. The normalized spacial score (nSPS) is 12.1. The minimum Gasteiger partial charge on any atom is -0.495 e. The van der Waals surface area contributed by atoms with Crippen molar-refractivity contribution in [3.8, 4) is 5.75 Å². The largest absolute Gasteiger partial charge is 0.495 e. The Hall–Kier alpha value is -3.92. The summed E-state index contributed by atoms with van der Waals surface area (Å²) >= 11 is 0. The highest BCUT2D eigenvalue weighted by Gasteiger charge is 2.34. The van der Waals surface area contributed by atoms with Crippen molar-refractivity contribution in [1.82, 2.24) is 10.2 Å². The minimum absolute atomic E-state index is 0.0104. The van der Waals surface area contributed by atoms with E-state index in [2.05, 4.69) is 5.32 Å². The lowest BCUT2D eigenvalue weighted by atomic mass is 10.1. The quantitative estimate of drug-likeness (QED) is 0.291. The number of carbonyl (C=O) groups is 2. The molecule has 0 fully saturated rings. The maximum atomic E-state index is 14.2. The first-order valence-corrected chi connectivity index (χ1v) is 15.4. The van der Waals surface area contributed by atoms with Crippen LogP contribution in [0, 0.1) is 25.6 Å². The van der Waals surface area contributed by atoms with Crippen molar-refractivity contribution in [1.29, 1.82) is 0 Å². The monoisotopic (exact) mass is 597 g/mol. The van der Waals surface area contributed by atoms with E-state index < -0.39 is 34.3 Å². The Balaban J connectivity index is 2.11. The number of ether oxygens (including phenoxy) is 1. The average Bonchev–Trinajstić information content (AvgIpc) is 2.95. The molecular weight excluding hydrogens is 557 g/mol. The molecule has 2 amide bonds. The van der Waals surface area contributed by atoms with E-state index in [0.717, 1.165) is 15.4 Å². The predicted molar refractivity (Wildman–Crippen MR) is 162 cm³/mol. The second-order valence-electron chi connectivity index (χ2n) is 10.7. The number of aryl methyl sites for hydroxylation is 2. The lowest BCUT2D eigenvalue weighted by Crippen LogP contribution is -2.52. The van der Waals surface area contributed by atoms with Gasteiger partial charge in [0.25, 0.3) is 10.0 Å². The molecule has 3 rings (SSSR count). The third-order valence-electron chi connectivity index (χ3n) is 6.83. The van der Waals surface area contributed by atoms with Gasteiger partial charge in [-0.15, -0.1) is 0 Å². The number of anilines is 1. The van der Waals surface area contributed by atoms with Gasteiger partial charge in [0.1, 0.15) is 24.2 Å². The molecule has 3 aromatic carbocycles. The molecule has 1 atom stereocenters. The second kappa shape index (κ2) is 14.3. The summed E-state index contributed by atoms with van der Waals surface area (Å²) in [6, 6.07) is 16.2. The van der Waals surface area contributed by atoms with Gasteiger partial charge < -0.3 is 15.0 Å². The highest BCUT2D eigenvalue weighted by atomic mass is 32.2. The van der Waals surface area contributed by atoms with Gasteiger partial charge in [-0.05, 0) is 73.7 Å². The number of amides is 2. The molecule has 226 valence electrons. The summed E-state index contributed by atoms with van der Waals surface area (Å²) in [5.41, 5.74) is 2.45. The molecule has 1 N–H and O–H groups in total. The topological polar surface area (TPSA) is 96.0 Å². The fourth-order valence-corrected chi connectivity index (χ4v) is 5.89. The third kappa shape index (κ3) is 8.09. The van der Waals surface area contributed by atoms with Crippen molar-refractivity contribution < 1.29 is 27.1 Å². The van der Waals surface area contributed by atoms with Crippen LogP contribution in [0.5, 0.6) is 5.75 Å². The summed E-state index contributed by atoms with van der Waals surface area (Å²) in [5.74, 6) is -0.902. The molecule has 0 aliphatic rings. The molecule has 0 aromatic heterocycles. The number of hydrogen-bond acceptors (Lipinski definition) is 5. The highest BCUT2D eigenvalue weighted by molar-refractivity contribution is 7.92. The van der Waals surface area contributed by atoms with Crippen LogP contribution in [-0.2, 0) is 26.2 Å². The van der Waals surface area contributed by atoms with E-state index in [1.54, 1.807) is 49.4 Å². The maximum absolute atomic E-state index is 14.2. The zero-order valence-electron chi connectivity index (χ0n) is 25.1. The van der Waals surface area contributed by atoms with E-state index in [9.17, 15) is 22.4 Å². The Bertz CT molecular complexity index is 1470. The Morgan fingerprint density at radius 1 is 0.952 bits per heavy atom. The summed E-state index contributed by atoms with van der Waals surface area (Å²) in [5, 5.41) is 2.89. The van der Waals surface area contributed by atoms with E-state index in [4.69, 9.17) is 4.74 Å². The van der Waals surface area contributed by atoms with Crippen LogP contribution >= 0.6 is 0 Å². The summed E-state index contributed by atoms with van der Waals surface area (Å²) in [6.07, 6.45) is 0.287. The standard InChI is InChI=1S/C32H40FN3O5S/c1-7-28(32(38)34-19-22(2)3)35(20-25-11-13-26(33)14-12-25)31(37)21-36(29-18-24(5)10-17-30(29)41-6)42(39,40)27-15-8-23(4)9-16-27/h8-18,22,28H,7,19-21H2,1-6H3,(H,34,38). The number of nitrogens with zero attached hydrogens (tertiary/aromatic N) is 2. The second-order valence-corrected chi connectivity index (χ2v) is 12.6. The van der Waals surface area contributed by atoms with Crippen molar-refractivity contribution in [3.05, 3.63) is 89.2 Å². The number of sulfonamides is 1. The number of rotatable bonds is 13. The van der Waals surface area contributed by atoms with E-state index in [-0.39, 0.29) is 41.1 Å². The van der Waals surface area contributed by atoms with Gasteiger partial charge in [-0.2, -0.15) is 0 Å². The van der Waals surface area contributed by atoms with Crippen LogP contribution in [0.15, 0.2) is 71.6 Å². The summed E-state index contributed by atoms with van der Waals surface area (Å²) in [6.45, 7) is 9.19. The predicted octanol–water partition coefficient (Wildman–Crippen LogP) is 5.23. The van der Waals surface area contributed by atoms with Crippen molar-refractivity contribution >= 4 is 27.5 Å².